The number of morpholine rings is 1. The molecule has 8 nitrogen and oxygen atoms in total. The maximum Gasteiger partial charge on any atom is 0.294 e. The van der Waals surface area contributed by atoms with E-state index in [9.17, 15) is 14.4 Å². The SMILES string of the molecule is COc1ccc(/C=C2\SC(=O)N(CC(=O)N3CCOCC3)C2=O)cc1OCc1ccc(Cl)cc1Cl. The van der Waals surface area contributed by atoms with Crippen molar-refractivity contribution >= 4 is 58.1 Å². The van der Waals surface area contributed by atoms with Crippen LogP contribution in [0.2, 0.25) is 10.0 Å². The van der Waals surface area contributed by atoms with Crippen LogP contribution in [0.1, 0.15) is 11.1 Å². The number of nitrogens with zero attached hydrogens (tertiary/aromatic N) is 2. The number of thioether (sulfide) groups is 1. The van der Waals surface area contributed by atoms with Gasteiger partial charge in [0.25, 0.3) is 11.1 Å². The third-order valence-electron chi connectivity index (χ3n) is 5.41. The van der Waals surface area contributed by atoms with E-state index in [0.29, 0.717) is 53.4 Å². The molecule has 3 amide bonds. The van der Waals surface area contributed by atoms with Crippen molar-refractivity contribution in [3.05, 3.63) is 62.5 Å². The molecule has 2 aliphatic heterocycles. The first kappa shape index (κ1) is 25.4. The van der Waals surface area contributed by atoms with Gasteiger partial charge in [0.05, 0.1) is 25.2 Å². The van der Waals surface area contributed by atoms with Gasteiger partial charge in [0, 0.05) is 28.7 Å². The number of benzene rings is 2. The highest BCUT2D eigenvalue weighted by Gasteiger charge is 2.37. The van der Waals surface area contributed by atoms with Crippen LogP contribution in [-0.4, -0.2) is 66.8 Å². The van der Waals surface area contributed by atoms with E-state index in [1.54, 1.807) is 47.4 Å². The van der Waals surface area contributed by atoms with Gasteiger partial charge in [0.15, 0.2) is 11.5 Å². The summed E-state index contributed by atoms with van der Waals surface area (Å²) >= 11 is 13.0. The lowest BCUT2D eigenvalue weighted by molar-refractivity contribution is -0.139. The van der Waals surface area contributed by atoms with Crippen LogP contribution in [-0.2, 0) is 20.9 Å². The minimum Gasteiger partial charge on any atom is -0.493 e. The first-order chi connectivity index (χ1) is 16.9. The zero-order chi connectivity index (χ0) is 24.9. The Bertz CT molecular complexity index is 1180. The number of carbonyl (C=O) groups excluding carboxylic acids is 3. The average Bonchev–Trinajstić information content (AvgIpc) is 3.11. The molecule has 2 aromatic carbocycles. The highest BCUT2D eigenvalue weighted by molar-refractivity contribution is 8.18. The van der Waals surface area contributed by atoms with Crippen LogP contribution in [0.15, 0.2) is 41.3 Å². The number of hydrogen-bond donors (Lipinski definition) is 0. The van der Waals surface area contributed by atoms with Crippen molar-refractivity contribution in [1.82, 2.24) is 9.80 Å². The number of hydrogen-bond acceptors (Lipinski definition) is 7. The molecule has 0 N–H and O–H groups in total. The maximum atomic E-state index is 12.9. The fraction of sp³-hybridized carbons (Fsp3) is 0.292. The maximum absolute atomic E-state index is 12.9. The van der Waals surface area contributed by atoms with E-state index in [4.69, 9.17) is 37.4 Å². The summed E-state index contributed by atoms with van der Waals surface area (Å²) in [6.45, 7) is 1.66. The molecule has 4 rings (SSSR count). The summed E-state index contributed by atoms with van der Waals surface area (Å²) in [5, 5.41) is 0.525. The highest BCUT2D eigenvalue weighted by Crippen LogP contribution is 2.35. The molecule has 11 heteroatoms. The molecule has 0 atom stereocenters. The molecule has 0 spiro atoms. The third kappa shape index (κ3) is 6.10. The lowest BCUT2D eigenvalue weighted by atomic mass is 10.1. The summed E-state index contributed by atoms with van der Waals surface area (Å²) in [6.07, 6.45) is 1.59. The van der Waals surface area contributed by atoms with Crippen LogP contribution < -0.4 is 9.47 Å². The Kier molecular flexibility index (Phi) is 8.22. The lowest BCUT2D eigenvalue weighted by Crippen LogP contribution is -2.46. The van der Waals surface area contributed by atoms with Gasteiger partial charge in [-0.05, 0) is 47.7 Å². The fourth-order valence-corrected chi connectivity index (χ4v) is 4.83. The van der Waals surface area contributed by atoms with Crippen molar-refractivity contribution in [3.63, 3.8) is 0 Å². The zero-order valence-electron chi connectivity index (χ0n) is 18.8. The van der Waals surface area contributed by atoms with Gasteiger partial charge in [-0.25, -0.2) is 0 Å². The quantitative estimate of drug-likeness (QED) is 0.482. The molecule has 0 unspecified atom stereocenters. The number of carbonyl (C=O) groups is 3. The second-order valence-electron chi connectivity index (χ2n) is 7.70. The molecule has 0 radical (unpaired) electrons. The molecule has 2 fully saturated rings. The highest BCUT2D eigenvalue weighted by atomic mass is 35.5. The normalized spacial score (nSPS) is 17.3. The van der Waals surface area contributed by atoms with Crippen molar-refractivity contribution in [2.75, 3.05) is 40.0 Å². The van der Waals surface area contributed by atoms with Crippen molar-refractivity contribution in [1.29, 1.82) is 0 Å². The van der Waals surface area contributed by atoms with E-state index in [-0.39, 0.29) is 24.0 Å². The number of rotatable bonds is 7. The summed E-state index contributed by atoms with van der Waals surface area (Å²) in [4.78, 5) is 40.6. The molecule has 0 aromatic heterocycles. The van der Waals surface area contributed by atoms with E-state index < -0.39 is 11.1 Å². The Hall–Kier alpha value is -2.72. The van der Waals surface area contributed by atoms with Gasteiger partial charge in [-0.1, -0.05) is 35.3 Å². The van der Waals surface area contributed by atoms with Crippen LogP contribution in [0.4, 0.5) is 4.79 Å². The smallest absolute Gasteiger partial charge is 0.294 e. The van der Waals surface area contributed by atoms with Crippen molar-refractivity contribution in [2.45, 2.75) is 6.61 Å². The van der Waals surface area contributed by atoms with E-state index >= 15 is 0 Å². The molecule has 2 aromatic rings. The number of imide groups is 1. The fourth-order valence-electron chi connectivity index (χ4n) is 3.53. The largest absolute Gasteiger partial charge is 0.493 e. The Labute approximate surface area is 216 Å². The minimum atomic E-state index is -0.507. The van der Waals surface area contributed by atoms with Gasteiger partial charge >= 0.3 is 0 Å². The predicted octanol–water partition coefficient (Wildman–Crippen LogP) is 4.48. The summed E-state index contributed by atoms with van der Waals surface area (Å²) in [5.41, 5.74) is 1.38. The standard InChI is InChI=1S/C24H22Cl2N2O6S/c1-32-19-5-2-15(10-20(19)34-14-16-3-4-17(25)12-18(16)26)11-21-23(30)28(24(31)35-21)13-22(29)27-6-8-33-9-7-27/h2-5,10-12H,6-9,13-14H2,1H3/b21-11-. The first-order valence-electron chi connectivity index (χ1n) is 10.7. The van der Waals surface area contributed by atoms with Crippen LogP contribution in [0.5, 0.6) is 11.5 Å². The van der Waals surface area contributed by atoms with Crippen LogP contribution >= 0.6 is 35.0 Å². The summed E-state index contributed by atoms with van der Waals surface area (Å²) in [6, 6.07) is 10.3. The molecule has 2 heterocycles. The van der Waals surface area contributed by atoms with Crippen LogP contribution in [0, 0.1) is 0 Å². The molecular weight excluding hydrogens is 515 g/mol. The van der Waals surface area contributed by atoms with Crippen LogP contribution in [0.25, 0.3) is 6.08 Å². The van der Waals surface area contributed by atoms with Gasteiger partial charge in [-0.2, -0.15) is 0 Å². The van der Waals surface area contributed by atoms with E-state index in [0.717, 1.165) is 22.2 Å². The Morgan fingerprint density at radius 1 is 1.11 bits per heavy atom. The Balaban J connectivity index is 1.48. The number of amides is 3. The second-order valence-corrected chi connectivity index (χ2v) is 9.53. The average molecular weight is 537 g/mol. The molecule has 184 valence electrons. The number of methoxy groups -OCH3 is 1. The van der Waals surface area contributed by atoms with Gasteiger partial charge < -0.3 is 19.1 Å². The third-order valence-corrected chi connectivity index (χ3v) is 6.91. The molecule has 35 heavy (non-hydrogen) atoms. The van der Waals surface area contributed by atoms with Gasteiger partial charge in [-0.15, -0.1) is 0 Å². The first-order valence-corrected chi connectivity index (χ1v) is 12.3. The molecule has 0 saturated carbocycles. The summed E-state index contributed by atoms with van der Waals surface area (Å²) < 4.78 is 16.5. The molecule has 0 bridgehead atoms. The summed E-state index contributed by atoms with van der Waals surface area (Å²) in [7, 11) is 1.52. The van der Waals surface area contributed by atoms with E-state index in [1.165, 1.54) is 7.11 Å². The van der Waals surface area contributed by atoms with E-state index in [2.05, 4.69) is 0 Å². The monoisotopic (exact) mass is 536 g/mol. The summed E-state index contributed by atoms with van der Waals surface area (Å²) in [5.74, 6) is 0.149. The predicted molar refractivity (Wildman–Crippen MR) is 134 cm³/mol. The Morgan fingerprint density at radius 3 is 2.60 bits per heavy atom. The van der Waals surface area contributed by atoms with Crippen molar-refractivity contribution in [2.24, 2.45) is 0 Å². The zero-order valence-corrected chi connectivity index (χ0v) is 21.1. The molecular formula is C24H22Cl2N2O6S. The number of ether oxygens (including phenoxy) is 3. The van der Waals surface area contributed by atoms with Crippen molar-refractivity contribution in [3.8, 4) is 11.5 Å². The van der Waals surface area contributed by atoms with E-state index in [1.807, 2.05) is 0 Å². The topological polar surface area (TPSA) is 85.4 Å². The van der Waals surface area contributed by atoms with Gasteiger partial charge in [0.2, 0.25) is 5.91 Å². The van der Waals surface area contributed by atoms with Crippen molar-refractivity contribution < 1.29 is 28.6 Å². The molecule has 2 aliphatic rings. The van der Waals surface area contributed by atoms with Gasteiger partial charge in [0.1, 0.15) is 13.2 Å². The molecule has 2 saturated heterocycles. The second kappa shape index (κ2) is 11.3. The van der Waals surface area contributed by atoms with Gasteiger partial charge in [-0.3, -0.25) is 19.3 Å². The number of halogens is 2. The Morgan fingerprint density at radius 2 is 1.89 bits per heavy atom. The minimum absolute atomic E-state index is 0.177. The molecule has 0 aliphatic carbocycles. The lowest BCUT2D eigenvalue weighted by Gasteiger charge is -2.28. The van der Waals surface area contributed by atoms with Crippen LogP contribution in [0.3, 0.4) is 0 Å².